The van der Waals surface area contributed by atoms with Crippen LogP contribution < -0.4 is 15.2 Å². The highest BCUT2D eigenvalue weighted by atomic mass is 16.5. The Kier molecular flexibility index (Phi) is 5.99. The molecule has 0 fully saturated rings. The van der Waals surface area contributed by atoms with Crippen molar-refractivity contribution in [3.63, 3.8) is 0 Å². The fourth-order valence-electron chi connectivity index (χ4n) is 1.96. The molecule has 1 rings (SSSR count). The molecule has 2 N–H and O–H groups in total. The quantitative estimate of drug-likeness (QED) is 0.806. The maximum atomic E-state index is 6.22. The summed E-state index contributed by atoms with van der Waals surface area (Å²) >= 11 is 0. The van der Waals surface area contributed by atoms with Gasteiger partial charge in [-0.05, 0) is 30.0 Å². The topological polar surface area (TPSA) is 44.5 Å². The van der Waals surface area contributed by atoms with E-state index in [0.29, 0.717) is 0 Å². The van der Waals surface area contributed by atoms with Crippen LogP contribution in [0.4, 0.5) is 0 Å². The van der Waals surface area contributed by atoms with E-state index in [1.165, 1.54) is 6.42 Å². The number of hydrogen-bond donors (Lipinski definition) is 1. The first-order valence-electron chi connectivity index (χ1n) is 6.55. The number of benzene rings is 1. The maximum Gasteiger partial charge on any atom is 0.122 e. The fourth-order valence-corrected chi connectivity index (χ4v) is 1.96. The Balaban J connectivity index is 2.68. The van der Waals surface area contributed by atoms with E-state index in [4.69, 9.17) is 15.2 Å². The van der Waals surface area contributed by atoms with Gasteiger partial charge in [-0.3, -0.25) is 0 Å². The van der Waals surface area contributed by atoms with Gasteiger partial charge in [0.1, 0.15) is 11.5 Å². The standard InChI is InChI=1S/C15H25NO2/c1-11(2)6-5-7-15(16)12-8-13(17-3)10-14(9-12)18-4/h8-11,15H,5-7,16H2,1-4H3. The van der Waals surface area contributed by atoms with E-state index < -0.39 is 0 Å². The molecule has 0 bridgehead atoms. The Bertz CT molecular complexity index is 341. The van der Waals surface area contributed by atoms with Gasteiger partial charge < -0.3 is 15.2 Å². The summed E-state index contributed by atoms with van der Waals surface area (Å²) in [4.78, 5) is 0. The van der Waals surface area contributed by atoms with Crippen LogP contribution in [-0.2, 0) is 0 Å². The van der Waals surface area contributed by atoms with Crippen LogP contribution in [0.25, 0.3) is 0 Å². The Hall–Kier alpha value is -1.22. The minimum atomic E-state index is 0.0488. The third-order valence-electron chi connectivity index (χ3n) is 3.10. The molecule has 18 heavy (non-hydrogen) atoms. The second-order valence-corrected chi connectivity index (χ2v) is 5.08. The second-order valence-electron chi connectivity index (χ2n) is 5.08. The summed E-state index contributed by atoms with van der Waals surface area (Å²) in [6, 6.07) is 5.89. The first kappa shape index (κ1) is 14.8. The Morgan fingerprint density at radius 3 is 2.00 bits per heavy atom. The van der Waals surface area contributed by atoms with Crippen molar-refractivity contribution >= 4 is 0 Å². The van der Waals surface area contributed by atoms with E-state index in [-0.39, 0.29) is 6.04 Å². The molecule has 0 aliphatic carbocycles. The number of rotatable bonds is 7. The molecule has 1 aromatic carbocycles. The van der Waals surface area contributed by atoms with Crippen LogP contribution in [0.3, 0.4) is 0 Å². The number of hydrogen-bond acceptors (Lipinski definition) is 3. The van der Waals surface area contributed by atoms with Crippen LogP contribution in [0.1, 0.15) is 44.7 Å². The molecule has 102 valence electrons. The summed E-state index contributed by atoms with van der Waals surface area (Å²) in [7, 11) is 3.31. The van der Waals surface area contributed by atoms with Crippen LogP contribution in [-0.4, -0.2) is 14.2 Å². The van der Waals surface area contributed by atoms with Crippen molar-refractivity contribution in [2.45, 2.75) is 39.2 Å². The number of methoxy groups -OCH3 is 2. The van der Waals surface area contributed by atoms with Gasteiger partial charge in [0.05, 0.1) is 14.2 Å². The molecule has 0 saturated carbocycles. The molecule has 0 saturated heterocycles. The molecular formula is C15H25NO2. The zero-order valence-electron chi connectivity index (χ0n) is 11.9. The van der Waals surface area contributed by atoms with Crippen LogP contribution >= 0.6 is 0 Å². The molecule has 0 aliphatic heterocycles. The van der Waals surface area contributed by atoms with Gasteiger partial charge in [-0.15, -0.1) is 0 Å². The van der Waals surface area contributed by atoms with Gasteiger partial charge in [-0.2, -0.15) is 0 Å². The first-order valence-corrected chi connectivity index (χ1v) is 6.55. The smallest absolute Gasteiger partial charge is 0.122 e. The van der Waals surface area contributed by atoms with Crippen LogP contribution in [0.5, 0.6) is 11.5 Å². The van der Waals surface area contributed by atoms with Crippen LogP contribution in [0, 0.1) is 5.92 Å². The zero-order valence-corrected chi connectivity index (χ0v) is 11.9. The largest absolute Gasteiger partial charge is 0.497 e. The average molecular weight is 251 g/mol. The monoisotopic (exact) mass is 251 g/mol. The van der Waals surface area contributed by atoms with Gasteiger partial charge in [0, 0.05) is 12.1 Å². The molecule has 0 radical (unpaired) electrons. The number of nitrogens with two attached hydrogens (primary N) is 1. The lowest BCUT2D eigenvalue weighted by molar-refractivity contribution is 0.392. The highest BCUT2D eigenvalue weighted by molar-refractivity contribution is 5.39. The minimum absolute atomic E-state index is 0.0488. The third kappa shape index (κ3) is 4.57. The number of ether oxygens (including phenoxy) is 2. The maximum absolute atomic E-state index is 6.22. The predicted octanol–water partition coefficient (Wildman–Crippen LogP) is 3.53. The van der Waals surface area contributed by atoms with E-state index in [1.807, 2.05) is 18.2 Å². The molecule has 1 atom stereocenters. The Morgan fingerprint density at radius 2 is 1.56 bits per heavy atom. The van der Waals surface area contributed by atoms with Gasteiger partial charge in [0.25, 0.3) is 0 Å². The fraction of sp³-hybridized carbons (Fsp3) is 0.600. The lowest BCUT2D eigenvalue weighted by Crippen LogP contribution is -2.11. The van der Waals surface area contributed by atoms with Gasteiger partial charge in [-0.1, -0.05) is 26.7 Å². The molecule has 1 aromatic rings. The molecule has 0 amide bonds. The molecule has 0 aromatic heterocycles. The van der Waals surface area contributed by atoms with Crippen molar-refractivity contribution in [1.29, 1.82) is 0 Å². The lowest BCUT2D eigenvalue weighted by atomic mass is 9.98. The highest BCUT2D eigenvalue weighted by Crippen LogP contribution is 2.27. The van der Waals surface area contributed by atoms with Crippen LogP contribution in [0.15, 0.2) is 18.2 Å². The second kappa shape index (κ2) is 7.27. The first-order chi connectivity index (χ1) is 8.56. The minimum Gasteiger partial charge on any atom is -0.497 e. The Labute approximate surface area is 110 Å². The SMILES string of the molecule is COc1cc(OC)cc(C(N)CCCC(C)C)c1. The van der Waals surface area contributed by atoms with Crippen LogP contribution in [0.2, 0.25) is 0 Å². The molecule has 0 heterocycles. The summed E-state index contributed by atoms with van der Waals surface area (Å²) in [6.07, 6.45) is 3.36. The van der Waals surface area contributed by atoms with E-state index in [1.54, 1.807) is 14.2 Å². The third-order valence-corrected chi connectivity index (χ3v) is 3.10. The summed E-state index contributed by atoms with van der Waals surface area (Å²) in [5.41, 5.74) is 7.30. The summed E-state index contributed by atoms with van der Waals surface area (Å²) in [5, 5.41) is 0. The van der Waals surface area contributed by atoms with Gasteiger partial charge >= 0.3 is 0 Å². The normalized spacial score (nSPS) is 12.6. The zero-order chi connectivity index (χ0) is 13.5. The van der Waals surface area contributed by atoms with Crippen molar-refractivity contribution in [3.05, 3.63) is 23.8 Å². The van der Waals surface area contributed by atoms with E-state index in [0.717, 1.165) is 35.8 Å². The van der Waals surface area contributed by atoms with Gasteiger partial charge in [0.15, 0.2) is 0 Å². The Morgan fingerprint density at radius 1 is 1.00 bits per heavy atom. The lowest BCUT2D eigenvalue weighted by Gasteiger charge is -2.15. The van der Waals surface area contributed by atoms with Gasteiger partial charge in [-0.25, -0.2) is 0 Å². The summed E-state index contributed by atoms with van der Waals surface area (Å²) < 4.78 is 10.5. The molecule has 3 heteroatoms. The molecule has 3 nitrogen and oxygen atoms in total. The van der Waals surface area contributed by atoms with E-state index in [2.05, 4.69) is 13.8 Å². The van der Waals surface area contributed by atoms with E-state index in [9.17, 15) is 0 Å². The molecular weight excluding hydrogens is 226 g/mol. The summed E-state index contributed by atoms with van der Waals surface area (Å²) in [5.74, 6) is 2.32. The van der Waals surface area contributed by atoms with Crippen molar-refractivity contribution in [3.8, 4) is 11.5 Å². The summed E-state index contributed by atoms with van der Waals surface area (Å²) in [6.45, 7) is 4.47. The van der Waals surface area contributed by atoms with Crippen molar-refractivity contribution in [2.24, 2.45) is 11.7 Å². The molecule has 1 unspecified atom stereocenters. The molecule has 0 spiro atoms. The van der Waals surface area contributed by atoms with Crippen molar-refractivity contribution in [1.82, 2.24) is 0 Å². The van der Waals surface area contributed by atoms with Gasteiger partial charge in [0.2, 0.25) is 0 Å². The predicted molar refractivity (Wildman–Crippen MR) is 75.2 cm³/mol. The highest BCUT2D eigenvalue weighted by Gasteiger charge is 2.10. The average Bonchev–Trinajstić information content (AvgIpc) is 2.37. The van der Waals surface area contributed by atoms with E-state index >= 15 is 0 Å². The molecule has 0 aliphatic rings. The van der Waals surface area contributed by atoms with Crippen molar-refractivity contribution in [2.75, 3.05) is 14.2 Å². The van der Waals surface area contributed by atoms with Crippen molar-refractivity contribution < 1.29 is 9.47 Å².